The van der Waals surface area contributed by atoms with Crippen molar-refractivity contribution < 1.29 is 9.90 Å². The molecule has 0 radical (unpaired) electrons. The van der Waals surface area contributed by atoms with E-state index in [9.17, 15) is 9.90 Å². The summed E-state index contributed by atoms with van der Waals surface area (Å²) in [4.78, 5) is 22.1. The van der Waals surface area contributed by atoms with Crippen LogP contribution in [0, 0.1) is 6.92 Å². The zero-order chi connectivity index (χ0) is 25.3. The number of carbonyl (C=O) groups excluding carboxylic acids is 1. The Labute approximate surface area is 215 Å². The molecule has 11 heteroatoms. The highest BCUT2D eigenvalue weighted by molar-refractivity contribution is 7.79. The Bertz CT molecular complexity index is 1210. The summed E-state index contributed by atoms with van der Waals surface area (Å²) in [7, 11) is 0. The van der Waals surface area contributed by atoms with Crippen LogP contribution in [0.3, 0.4) is 0 Å². The van der Waals surface area contributed by atoms with Crippen molar-refractivity contribution in [3.63, 3.8) is 0 Å². The largest absolute Gasteiger partial charge is 0.398 e. The fraction of sp³-hybridized carbons (Fsp3) is 0.458. The molecule has 1 aromatic carbocycles. The van der Waals surface area contributed by atoms with Crippen molar-refractivity contribution in [3.8, 4) is 0 Å². The van der Waals surface area contributed by atoms with Gasteiger partial charge in [0, 0.05) is 54.2 Å². The first-order chi connectivity index (χ1) is 16.8. The number of aliphatic hydroxyl groups is 1. The van der Waals surface area contributed by atoms with Gasteiger partial charge in [-0.1, -0.05) is 11.6 Å². The van der Waals surface area contributed by atoms with Crippen LogP contribution in [-0.2, 0) is 0 Å². The van der Waals surface area contributed by atoms with E-state index >= 15 is 0 Å². The van der Waals surface area contributed by atoms with Gasteiger partial charge in [-0.3, -0.25) is 4.79 Å². The average Bonchev–Trinajstić information content (AvgIpc) is 3.42. The lowest BCUT2D eigenvalue weighted by atomic mass is 9.98. The van der Waals surface area contributed by atoms with E-state index in [2.05, 4.69) is 12.6 Å². The predicted molar refractivity (Wildman–Crippen MR) is 142 cm³/mol. The molecule has 3 unspecified atom stereocenters. The van der Waals surface area contributed by atoms with Gasteiger partial charge in [0.05, 0.1) is 23.4 Å². The summed E-state index contributed by atoms with van der Waals surface area (Å²) in [5, 5.41) is 15.3. The maximum atomic E-state index is 13.4. The molecule has 3 atom stereocenters. The average molecular weight is 518 g/mol. The molecule has 3 aromatic rings. The highest BCUT2D eigenvalue weighted by Crippen LogP contribution is 2.34. The van der Waals surface area contributed by atoms with Gasteiger partial charge in [0.1, 0.15) is 5.82 Å². The number of amides is 1. The molecule has 2 aromatic heterocycles. The molecule has 5 N–H and O–H groups in total. The Morgan fingerprint density at radius 3 is 2.71 bits per heavy atom. The number of aryl methyl sites for hydroxylation is 1. The Morgan fingerprint density at radius 1 is 1.23 bits per heavy atom. The van der Waals surface area contributed by atoms with E-state index in [0.717, 1.165) is 36.3 Å². The number of hydrogen-bond donors (Lipinski definition) is 4. The summed E-state index contributed by atoms with van der Waals surface area (Å²) in [5.41, 5.74) is 15.3. The number of halogens is 1. The highest BCUT2D eigenvalue weighted by atomic mass is 35.5. The van der Waals surface area contributed by atoms with Crippen LogP contribution in [-0.4, -0.2) is 68.5 Å². The lowest BCUT2D eigenvalue weighted by Crippen LogP contribution is -2.39. The quantitative estimate of drug-likeness (QED) is 0.311. The molecule has 5 rings (SSSR count). The number of fused-ring (bicyclic) bond motifs is 1. The summed E-state index contributed by atoms with van der Waals surface area (Å²) in [5.74, 6) is 0.658. The molecule has 35 heavy (non-hydrogen) atoms. The fourth-order valence-corrected chi connectivity index (χ4v) is 5.01. The summed E-state index contributed by atoms with van der Waals surface area (Å²) in [6.07, 6.45) is 5.81. The number of nitrogens with zero attached hydrogens (tertiary/aromatic N) is 5. The second-order valence-corrected chi connectivity index (χ2v) is 9.43. The third-order valence-electron chi connectivity index (χ3n) is 6.61. The van der Waals surface area contributed by atoms with Gasteiger partial charge >= 0.3 is 0 Å². The van der Waals surface area contributed by atoms with Crippen LogP contribution in [0.2, 0.25) is 5.02 Å². The van der Waals surface area contributed by atoms with E-state index in [4.69, 9.17) is 33.2 Å². The number of aliphatic hydroxyl groups excluding tert-OH is 1. The molecule has 188 valence electrons. The van der Waals surface area contributed by atoms with Crippen molar-refractivity contribution in [2.45, 2.75) is 44.4 Å². The van der Waals surface area contributed by atoms with Gasteiger partial charge in [-0.15, -0.1) is 0 Å². The van der Waals surface area contributed by atoms with E-state index in [1.54, 1.807) is 29.0 Å². The van der Waals surface area contributed by atoms with Crippen LogP contribution < -0.4 is 16.4 Å². The highest BCUT2D eigenvalue weighted by Gasteiger charge is 2.33. The van der Waals surface area contributed by atoms with Crippen LogP contribution in [0.4, 0.5) is 11.5 Å². The van der Waals surface area contributed by atoms with E-state index in [1.165, 1.54) is 0 Å². The number of aromatic nitrogens is 3. The van der Waals surface area contributed by atoms with Crippen molar-refractivity contribution in [3.05, 3.63) is 52.3 Å². The van der Waals surface area contributed by atoms with Crippen molar-refractivity contribution in [2.24, 2.45) is 5.73 Å². The summed E-state index contributed by atoms with van der Waals surface area (Å²) < 4.78 is 1.76. The van der Waals surface area contributed by atoms with Crippen LogP contribution >= 0.6 is 24.2 Å². The fourth-order valence-electron chi connectivity index (χ4n) is 4.84. The Balaban J connectivity index is 0.00000141. The Kier molecular flexibility index (Phi) is 7.75. The second-order valence-electron chi connectivity index (χ2n) is 9.00. The molecule has 4 heterocycles. The van der Waals surface area contributed by atoms with E-state index < -0.39 is 6.10 Å². The minimum absolute atomic E-state index is 0.137. The van der Waals surface area contributed by atoms with Crippen LogP contribution in [0.5, 0.6) is 0 Å². The number of likely N-dealkylation sites (tertiary alicyclic amines) is 1. The minimum atomic E-state index is -0.566. The first kappa shape index (κ1) is 25.6. The van der Waals surface area contributed by atoms with Crippen molar-refractivity contribution in [1.82, 2.24) is 19.5 Å². The zero-order valence-electron chi connectivity index (χ0n) is 19.9. The molecule has 0 bridgehead atoms. The van der Waals surface area contributed by atoms with E-state index in [0.29, 0.717) is 41.6 Å². The van der Waals surface area contributed by atoms with Gasteiger partial charge < -0.3 is 26.4 Å². The van der Waals surface area contributed by atoms with Gasteiger partial charge in [-0.25, -0.2) is 9.50 Å². The lowest BCUT2D eigenvalue weighted by Gasteiger charge is -2.35. The zero-order valence-corrected chi connectivity index (χ0v) is 21.6. The molecule has 0 aliphatic carbocycles. The molecule has 2 saturated heterocycles. The molecular weight excluding hydrogens is 486 g/mol. The Hall–Kier alpha value is -2.53. The standard InChI is InChI=1S/C23H28ClN7O2.CH4S/c1-13-10-31-21(27-22(13)29-11-17(26)20(32)12-29)9-18(28-31)19-4-2-3-7-30(19)23(33)15-8-14(24)5-6-16(15)25;1-2/h5-6,8-10,17,19-20,32H,2-4,7,11-12,25-26H2,1H3;2H,1H3. The van der Waals surface area contributed by atoms with Gasteiger partial charge in [0.25, 0.3) is 5.91 Å². The first-order valence-electron chi connectivity index (χ1n) is 11.7. The van der Waals surface area contributed by atoms with Crippen LogP contribution in [0.25, 0.3) is 5.65 Å². The van der Waals surface area contributed by atoms with Crippen molar-refractivity contribution >= 4 is 47.3 Å². The number of anilines is 2. The number of nitrogens with two attached hydrogens (primary N) is 2. The van der Waals surface area contributed by atoms with Gasteiger partial charge in [-0.05, 0) is 50.6 Å². The normalized spacial score (nSPS) is 22.3. The molecule has 2 fully saturated rings. The maximum absolute atomic E-state index is 13.4. The third-order valence-corrected chi connectivity index (χ3v) is 6.84. The molecule has 0 saturated carbocycles. The number of rotatable bonds is 3. The molecular formula is C24H32ClN7O2S. The molecule has 2 aliphatic rings. The van der Waals surface area contributed by atoms with E-state index in [1.807, 2.05) is 29.0 Å². The number of nitrogen functional groups attached to an aromatic ring is 1. The third kappa shape index (κ3) is 5.06. The predicted octanol–water partition coefficient (Wildman–Crippen LogP) is 2.69. The number of benzene rings is 1. The topological polar surface area (TPSA) is 126 Å². The summed E-state index contributed by atoms with van der Waals surface area (Å²) in [6.45, 7) is 3.61. The van der Waals surface area contributed by atoms with Crippen LogP contribution in [0.15, 0.2) is 30.5 Å². The lowest BCUT2D eigenvalue weighted by molar-refractivity contribution is 0.0607. The number of piperidine rings is 1. The molecule has 0 spiro atoms. The van der Waals surface area contributed by atoms with Crippen molar-refractivity contribution in [1.29, 1.82) is 0 Å². The van der Waals surface area contributed by atoms with Gasteiger partial charge in [0.2, 0.25) is 0 Å². The SMILES string of the molecule is CS.Cc1cn2nc(C3CCCCN3C(=O)c3cc(Cl)ccc3N)cc2nc1N1CC(N)C(O)C1. The van der Waals surface area contributed by atoms with Crippen LogP contribution in [0.1, 0.15) is 46.9 Å². The molecule has 1 amide bonds. The second kappa shape index (κ2) is 10.6. The van der Waals surface area contributed by atoms with E-state index in [-0.39, 0.29) is 18.0 Å². The molecule has 2 aliphatic heterocycles. The summed E-state index contributed by atoms with van der Waals surface area (Å²) in [6, 6.07) is 6.45. The Morgan fingerprint density at radius 2 is 2.00 bits per heavy atom. The first-order valence-corrected chi connectivity index (χ1v) is 13.0. The van der Waals surface area contributed by atoms with Crippen molar-refractivity contribution in [2.75, 3.05) is 36.5 Å². The molecule has 9 nitrogen and oxygen atoms in total. The number of carbonyl (C=O) groups is 1. The number of thiol groups is 1. The van der Waals surface area contributed by atoms with Gasteiger partial charge in [-0.2, -0.15) is 17.7 Å². The number of β-amino-alcohol motifs (C(OH)–C–C–N with tert-alkyl or cyclic N) is 1. The monoisotopic (exact) mass is 517 g/mol. The smallest absolute Gasteiger partial charge is 0.256 e. The number of hydrogen-bond acceptors (Lipinski definition) is 8. The maximum Gasteiger partial charge on any atom is 0.256 e. The summed E-state index contributed by atoms with van der Waals surface area (Å²) >= 11 is 9.66. The van der Waals surface area contributed by atoms with Gasteiger partial charge in [0.15, 0.2) is 5.65 Å². The minimum Gasteiger partial charge on any atom is -0.398 e.